The Hall–Kier alpha value is -4.47. The molecule has 0 aliphatic carbocycles. The zero-order valence-electron chi connectivity index (χ0n) is 20.9. The van der Waals surface area contributed by atoms with E-state index in [1.807, 2.05) is 0 Å². The largest absolute Gasteiger partial charge is 0.487 e. The first kappa shape index (κ1) is 30.1. The highest BCUT2D eigenvalue weighted by atomic mass is 32.2. The van der Waals surface area contributed by atoms with Crippen LogP contribution in [0.25, 0.3) is 0 Å². The lowest BCUT2D eigenvalue weighted by Gasteiger charge is -2.35. The molecule has 0 saturated carbocycles. The maximum atomic E-state index is 16.1. The molecule has 2 amide bonds. The number of esters is 1. The van der Waals surface area contributed by atoms with Crippen LogP contribution in [0.15, 0.2) is 49.1 Å². The van der Waals surface area contributed by atoms with Crippen LogP contribution in [0.5, 0.6) is 5.75 Å². The Bertz CT molecular complexity index is 1410. The zero-order chi connectivity index (χ0) is 29.7. The molecule has 2 N–H and O–H groups in total. The summed E-state index contributed by atoms with van der Waals surface area (Å²) in [4.78, 5) is 35.9. The summed E-state index contributed by atoms with van der Waals surface area (Å²) in [6.07, 6.45) is -2.17. The van der Waals surface area contributed by atoms with E-state index in [1.54, 1.807) is 30.3 Å². The molecular formula is C24H24F3N3O9S. The molecule has 1 aliphatic rings. The van der Waals surface area contributed by atoms with Gasteiger partial charge in [0.1, 0.15) is 31.2 Å². The Morgan fingerprint density at radius 1 is 1.25 bits per heavy atom. The third kappa shape index (κ3) is 6.74. The first-order valence-electron chi connectivity index (χ1n) is 11.3. The normalized spacial score (nSPS) is 13.9. The summed E-state index contributed by atoms with van der Waals surface area (Å²) in [6.45, 7) is -0.864. The molecule has 3 rings (SSSR count). The number of fused-ring (bicyclic) bond motifs is 1. The van der Waals surface area contributed by atoms with E-state index in [0.717, 1.165) is 13.2 Å². The summed E-state index contributed by atoms with van der Waals surface area (Å²) in [5, 5.41) is 9.29. The van der Waals surface area contributed by atoms with Gasteiger partial charge in [-0.25, -0.2) is 23.0 Å². The third-order valence-corrected chi connectivity index (χ3v) is 6.85. The SMILES string of the molecule is C=CCOC(=O)NS(=O)(=O)N(CC(=O)OC)c1c(OCc2ccccc2)cc2c(c1F)CN(C(=O)O)CC2(F)F. The molecule has 0 spiro atoms. The number of carboxylic acid groups (broad SMARTS) is 1. The van der Waals surface area contributed by atoms with Crippen molar-refractivity contribution in [2.24, 2.45) is 0 Å². The van der Waals surface area contributed by atoms with Crippen molar-refractivity contribution in [3.05, 3.63) is 71.6 Å². The molecule has 0 radical (unpaired) electrons. The third-order valence-electron chi connectivity index (χ3n) is 5.53. The fourth-order valence-corrected chi connectivity index (χ4v) is 4.78. The quantitative estimate of drug-likeness (QED) is 0.316. The molecule has 1 aliphatic heterocycles. The van der Waals surface area contributed by atoms with E-state index in [2.05, 4.69) is 16.1 Å². The number of carbonyl (C=O) groups is 3. The lowest BCUT2D eigenvalue weighted by molar-refractivity contribution is -0.138. The molecule has 0 atom stereocenters. The molecule has 0 fully saturated rings. The topological polar surface area (TPSA) is 152 Å². The van der Waals surface area contributed by atoms with Crippen LogP contribution in [0.3, 0.4) is 0 Å². The average Bonchev–Trinajstić information content (AvgIpc) is 2.89. The van der Waals surface area contributed by atoms with Gasteiger partial charge >= 0.3 is 28.4 Å². The van der Waals surface area contributed by atoms with Crippen LogP contribution >= 0.6 is 0 Å². The fraction of sp³-hybridized carbons (Fsp3) is 0.292. The number of nitrogens with zero attached hydrogens (tertiary/aromatic N) is 2. The van der Waals surface area contributed by atoms with E-state index in [0.29, 0.717) is 11.6 Å². The first-order valence-corrected chi connectivity index (χ1v) is 12.8. The van der Waals surface area contributed by atoms with Crippen molar-refractivity contribution >= 4 is 34.1 Å². The van der Waals surface area contributed by atoms with Gasteiger partial charge in [0.05, 0.1) is 20.2 Å². The number of ether oxygens (including phenoxy) is 3. The molecule has 16 heteroatoms. The Morgan fingerprint density at radius 2 is 1.93 bits per heavy atom. The first-order chi connectivity index (χ1) is 18.8. The minimum Gasteiger partial charge on any atom is -0.487 e. The van der Waals surface area contributed by atoms with Gasteiger partial charge in [0.25, 0.3) is 5.92 Å². The van der Waals surface area contributed by atoms with Gasteiger partial charge in [0.15, 0.2) is 5.82 Å². The number of hydrogen-bond acceptors (Lipinski definition) is 8. The Labute approximate surface area is 226 Å². The molecule has 1 heterocycles. The number of methoxy groups -OCH3 is 1. The van der Waals surface area contributed by atoms with Crippen molar-refractivity contribution in [1.29, 1.82) is 0 Å². The minimum absolute atomic E-state index is 0.0435. The van der Waals surface area contributed by atoms with Gasteiger partial charge in [-0.1, -0.05) is 43.0 Å². The van der Waals surface area contributed by atoms with Gasteiger partial charge < -0.3 is 19.3 Å². The highest BCUT2D eigenvalue weighted by molar-refractivity contribution is 7.91. The Kier molecular flexibility index (Phi) is 9.13. The van der Waals surface area contributed by atoms with E-state index >= 15 is 13.2 Å². The van der Waals surface area contributed by atoms with Crippen LogP contribution in [-0.4, -0.2) is 63.4 Å². The van der Waals surface area contributed by atoms with E-state index in [4.69, 9.17) is 4.74 Å². The molecule has 40 heavy (non-hydrogen) atoms. The van der Waals surface area contributed by atoms with E-state index in [1.165, 1.54) is 4.72 Å². The van der Waals surface area contributed by atoms with Gasteiger partial charge in [-0.05, 0) is 11.6 Å². The number of rotatable bonds is 10. The summed E-state index contributed by atoms with van der Waals surface area (Å²) >= 11 is 0. The van der Waals surface area contributed by atoms with Crippen LogP contribution in [-0.2, 0) is 43.6 Å². The van der Waals surface area contributed by atoms with Gasteiger partial charge in [-0.2, -0.15) is 17.2 Å². The molecule has 0 aromatic heterocycles. The number of carbonyl (C=O) groups excluding carboxylic acids is 2. The van der Waals surface area contributed by atoms with Crippen LogP contribution in [0.2, 0.25) is 0 Å². The number of anilines is 1. The molecule has 0 unspecified atom stereocenters. The fourth-order valence-electron chi connectivity index (χ4n) is 3.71. The van der Waals surface area contributed by atoms with Crippen molar-refractivity contribution < 1.29 is 55.3 Å². The van der Waals surface area contributed by atoms with Crippen LogP contribution in [0, 0.1) is 5.82 Å². The highest BCUT2D eigenvalue weighted by Gasteiger charge is 2.46. The number of halogens is 3. The second-order valence-electron chi connectivity index (χ2n) is 8.26. The van der Waals surface area contributed by atoms with Gasteiger partial charge in [0.2, 0.25) is 0 Å². The van der Waals surface area contributed by atoms with E-state index < -0.39 is 88.9 Å². The zero-order valence-corrected chi connectivity index (χ0v) is 21.8. The average molecular weight is 588 g/mol. The standard InChI is InChI=1S/C24H24F3N3O9S/c1-3-9-38-22(32)28-40(35,36)30(12-19(31)37-2)21-18(39-13-15-7-5-4-6-8-15)10-17-16(20(21)25)11-29(23(33)34)14-24(17,26)27/h3-8,10H,1,9,11-14H2,2H3,(H,28,32)(H,33,34). The minimum atomic E-state index is -5.19. The molecule has 12 nitrogen and oxygen atoms in total. The second kappa shape index (κ2) is 12.1. The lowest BCUT2D eigenvalue weighted by atomic mass is 9.94. The number of benzene rings is 2. The van der Waals surface area contributed by atoms with Gasteiger partial charge in [-0.3, -0.25) is 9.69 Å². The molecule has 2 aromatic rings. The number of alkyl halides is 2. The van der Waals surface area contributed by atoms with Crippen molar-refractivity contribution in [3.63, 3.8) is 0 Å². The molecule has 0 saturated heterocycles. The maximum Gasteiger partial charge on any atom is 0.422 e. The summed E-state index contributed by atoms with van der Waals surface area (Å²) < 4.78 is 88.8. The van der Waals surface area contributed by atoms with Crippen LogP contribution in [0.1, 0.15) is 16.7 Å². The maximum absolute atomic E-state index is 16.1. The Morgan fingerprint density at radius 3 is 2.52 bits per heavy atom. The molecule has 0 bridgehead atoms. The Balaban J connectivity index is 2.23. The smallest absolute Gasteiger partial charge is 0.422 e. The second-order valence-corrected chi connectivity index (χ2v) is 9.85. The molecular weight excluding hydrogens is 563 g/mol. The number of nitrogens with one attached hydrogen (secondary N) is 1. The monoisotopic (exact) mass is 587 g/mol. The summed E-state index contributed by atoms with van der Waals surface area (Å²) in [7, 11) is -4.28. The molecule has 216 valence electrons. The van der Waals surface area contributed by atoms with E-state index in [9.17, 15) is 27.9 Å². The number of hydrogen-bond donors (Lipinski definition) is 2. The highest BCUT2D eigenvalue weighted by Crippen LogP contribution is 2.45. The van der Waals surface area contributed by atoms with E-state index in [-0.39, 0.29) is 15.8 Å². The number of amides is 2. The predicted octanol–water partition coefficient (Wildman–Crippen LogP) is 3.13. The van der Waals surface area contributed by atoms with Gasteiger partial charge in [0, 0.05) is 11.1 Å². The van der Waals surface area contributed by atoms with Crippen molar-refractivity contribution in [2.75, 3.05) is 31.1 Å². The lowest BCUT2D eigenvalue weighted by Crippen LogP contribution is -2.47. The van der Waals surface area contributed by atoms with Crippen molar-refractivity contribution in [3.8, 4) is 5.75 Å². The van der Waals surface area contributed by atoms with Crippen molar-refractivity contribution in [1.82, 2.24) is 9.62 Å². The molecule has 2 aromatic carbocycles. The summed E-state index contributed by atoms with van der Waals surface area (Å²) in [5.41, 5.74) is -2.36. The summed E-state index contributed by atoms with van der Waals surface area (Å²) in [5.74, 6) is -7.49. The predicted molar refractivity (Wildman–Crippen MR) is 132 cm³/mol. The van der Waals surface area contributed by atoms with Crippen molar-refractivity contribution in [2.45, 2.75) is 19.1 Å². The van der Waals surface area contributed by atoms with Gasteiger partial charge in [-0.15, -0.1) is 0 Å². The van der Waals surface area contributed by atoms with Crippen LogP contribution < -0.4 is 13.8 Å². The van der Waals surface area contributed by atoms with Crippen LogP contribution in [0.4, 0.5) is 28.4 Å². The summed E-state index contributed by atoms with van der Waals surface area (Å²) in [6, 6.07) is 8.81.